The molecule has 0 saturated carbocycles. The summed E-state index contributed by atoms with van der Waals surface area (Å²) in [5.74, 6) is -0.123. The van der Waals surface area contributed by atoms with Crippen LogP contribution in [0, 0.1) is 15.9 Å². The van der Waals surface area contributed by atoms with E-state index in [0.717, 1.165) is 5.56 Å². The van der Waals surface area contributed by atoms with Crippen molar-refractivity contribution in [1.29, 1.82) is 0 Å². The minimum Gasteiger partial charge on any atom is -0.486 e. The first-order valence-corrected chi connectivity index (χ1v) is 6.34. The Morgan fingerprint density at radius 2 is 1.80 bits per heavy atom. The van der Waals surface area contributed by atoms with Crippen molar-refractivity contribution in [3.8, 4) is 5.75 Å². The minimum atomic E-state index is -0.481. The fraction of sp³-hybridized carbons (Fsp3) is 0.143. The number of nitro benzene ring substituents is 1. The average molecular weight is 296 g/mol. The van der Waals surface area contributed by atoms with Crippen LogP contribution in [0.1, 0.15) is 11.1 Å². The summed E-state index contributed by atoms with van der Waals surface area (Å²) in [4.78, 5) is 10.0. The standard InChI is InChI=1S/C14H11ClFNO3/c15-8-11-3-6-14(13(16)7-11)20-9-10-1-4-12(5-2-10)17(18)19/h1-7H,8-9H2. The van der Waals surface area contributed by atoms with E-state index in [2.05, 4.69) is 0 Å². The first kappa shape index (κ1) is 14.3. The van der Waals surface area contributed by atoms with Crippen LogP contribution < -0.4 is 4.74 Å². The van der Waals surface area contributed by atoms with Crippen LogP contribution in [0.2, 0.25) is 0 Å². The number of ether oxygens (including phenoxy) is 1. The number of nitrogens with zero attached hydrogens (tertiary/aromatic N) is 1. The lowest BCUT2D eigenvalue weighted by atomic mass is 10.2. The molecule has 0 radical (unpaired) electrons. The van der Waals surface area contributed by atoms with Gasteiger partial charge in [0.15, 0.2) is 11.6 Å². The molecule has 0 atom stereocenters. The maximum atomic E-state index is 13.6. The van der Waals surface area contributed by atoms with Crippen LogP contribution in [0.4, 0.5) is 10.1 Å². The van der Waals surface area contributed by atoms with Crippen molar-refractivity contribution < 1.29 is 14.1 Å². The predicted molar refractivity (Wildman–Crippen MR) is 73.4 cm³/mol. The summed E-state index contributed by atoms with van der Waals surface area (Å²) in [5.41, 5.74) is 1.40. The van der Waals surface area contributed by atoms with E-state index in [1.807, 2.05) is 0 Å². The molecule has 2 rings (SSSR count). The van der Waals surface area contributed by atoms with Gasteiger partial charge in [-0.15, -0.1) is 11.6 Å². The largest absolute Gasteiger partial charge is 0.486 e. The zero-order valence-corrected chi connectivity index (χ0v) is 11.1. The molecule has 0 N–H and O–H groups in total. The lowest BCUT2D eigenvalue weighted by Gasteiger charge is -2.08. The van der Waals surface area contributed by atoms with E-state index in [0.29, 0.717) is 5.56 Å². The molecule has 0 heterocycles. The summed E-state index contributed by atoms with van der Waals surface area (Å²) < 4.78 is 19.0. The van der Waals surface area contributed by atoms with Crippen molar-refractivity contribution in [2.45, 2.75) is 12.5 Å². The Bertz CT molecular complexity index is 616. The molecule has 20 heavy (non-hydrogen) atoms. The molecule has 4 nitrogen and oxygen atoms in total. The number of rotatable bonds is 5. The second-order valence-electron chi connectivity index (χ2n) is 4.11. The highest BCUT2D eigenvalue weighted by Gasteiger charge is 2.07. The zero-order valence-electron chi connectivity index (χ0n) is 10.4. The molecule has 0 aliphatic carbocycles. The van der Waals surface area contributed by atoms with Crippen molar-refractivity contribution in [2.75, 3.05) is 0 Å². The van der Waals surface area contributed by atoms with Gasteiger partial charge in [0.05, 0.1) is 4.92 Å². The SMILES string of the molecule is O=[N+]([O-])c1ccc(COc2ccc(CCl)cc2F)cc1. The molecule has 0 aliphatic heterocycles. The van der Waals surface area contributed by atoms with Gasteiger partial charge in [0, 0.05) is 18.0 Å². The molecule has 2 aromatic rings. The minimum absolute atomic E-state index is 0.00592. The van der Waals surface area contributed by atoms with Crippen LogP contribution in [-0.4, -0.2) is 4.92 Å². The number of halogens is 2. The maximum Gasteiger partial charge on any atom is 0.269 e. The molecule has 104 valence electrons. The fourth-order valence-corrected chi connectivity index (χ4v) is 1.79. The topological polar surface area (TPSA) is 52.4 Å². The van der Waals surface area contributed by atoms with Crippen LogP contribution in [0.5, 0.6) is 5.75 Å². The molecule has 0 amide bonds. The van der Waals surface area contributed by atoms with E-state index in [4.69, 9.17) is 16.3 Å². The Morgan fingerprint density at radius 1 is 1.15 bits per heavy atom. The van der Waals surface area contributed by atoms with E-state index >= 15 is 0 Å². The van der Waals surface area contributed by atoms with Crippen molar-refractivity contribution in [2.24, 2.45) is 0 Å². The average Bonchev–Trinajstić information content (AvgIpc) is 2.46. The molecule has 0 aromatic heterocycles. The molecule has 0 fully saturated rings. The Balaban J connectivity index is 2.03. The van der Waals surface area contributed by atoms with Crippen LogP contribution >= 0.6 is 11.6 Å². The normalized spacial score (nSPS) is 10.3. The first-order chi connectivity index (χ1) is 9.60. The second-order valence-corrected chi connectivity index (χ2v) is 4.38. The van der Waals surface area contributed by atoms with Crippen LogP contribution in [-0.2, 0) is 12.5 Å². The summed E-state index contributed by atoms with van der Waals surface area (Å²) in [5, 5.41) is 10.5. The quantitative estimate of drug-likeness (QED) is 0.475. The number of nitro groups is 1. The fourth-order valence-electron chi connectivity index (χ4n) is 1.62. The molecule has 0 bridgehead atoms. The highest BCUT2D eigenvalue weighted by atomic mass is 35.5. The van der Waals surface area contributed by atoms with Crippen LogP contribution in [0.25, 0.3) is 0 Å². The van der Waals surface area contributed by atoms with Crippen molar-refractivity contribution in [1.82, 2.24) is 0 Å². The Kier molecular flexibility index (Phi) is 4.53. The molecule has 6 heteroatoms. The summed E-state index contributed by atoms with van der Waals surface area (Å²) in [7, 11) is 0. The maximum absolute atomic E-state index is 13.6. The van der Waals surface area contributed by atoms with E-state index in [1.165, 1.54) is 24.3 Å². The van der Waals surface area contributed by atoms with Crippen molar-refractivity contribution in [3.63, 3.8) is 0 Å². The van der Waals surface area contributed by atoms with Crippen LogP contribution in [0.15, 0.2) is 42.5 Å². The van der Waals surface area contributed by atoms with Gasteiger partial charge in [-0.05, 0) is 35.4 Å². The second kappa shape index (κ2) is 6.34. The third-order valence-corrected chi connectivity index (χ3v) is 3.00. The molecular weight excluding hydrogens is 285 g/mol. The van der Waals surface area contributed by atoms with Crippen molar-refractivity contribution >= 4 is 17.3 Å². The lowest BCUT2D eigenvalue weighted by molar-refractivity contribution is -0.384. The smallest absolute Gasteiger partial charge is 0.269 e. The van der Waals surface area contributed by atoms with Gasteiger partial charge in [-0.2, -0.15) is 0 Å². The zero-order chi connectivity index (χ0) is 14.5. The third kappa shape index (κ3) is 3.45. The van der Waals surface area contributed by atoms with Gasteiger partial charge in [-0.3, -0.25) is 10.1 Å². The third-order valence-electron chi connectivity index (χ3n) is 2.69. The highest BCUT2D eigenvalue weighted by molar-refractivity contribution is 6.17. The van der Waals surface area contributed by atoms with Gasteiger partial charge in [0.25, 0.3) is 5.69 Å². The monoisotopic (exact) mass is 295 g/mol. The molecule has 2 aromatic carbocycles. The number of non-ortho nitro benzene ring substituents is 1. The number of hydrogen-bond donors (Lipinski definition) is 0. The Hall–Kier alpha value is -2.14. The Labute approximate surface area is 119 Å². The molecule has 0 spiro atoms. The van der Waals surface area contributed by atoms with Gasteiger partial charge in [-0.25, -0.2) is 4.39 Å². The lowest BCUT2D eigenvalue weighted by Crippen LogP contribution is -1.98. The van der Waals surface area contributed by atoms with E-state index in [-0.39, 0.29) is 23.9 Å². The summed E-state index contributed by atoms with van der Waals surface area (Å²) in [6.45, 7) is 0.134. The van der Waals surface area contributed by atoms with E-state index in [9.17, 15) is 14.5 Å². The number of benzene rings is 2. The predicted octanol–water partition coefficient (Wildman–Crippen LogP) is 4.05. The molecule has 0 aliphatic rings. The van der Waals surface area contributed by atoms with E-state index < -0.39 is 10.7 Å². The summed E-state index contributed by atoms with van der Waals surface area (Å²) in [6, 6.07) is 10.4. The summed E-state index contributed by atoms with van der Waals surface area (Å²) >= 11 is 5.60. The highest BCUT2D eigenvalue weighted by Crippen LogP contribution is 2.21. The van der Waals surface area contributed by atoms with E-state index in [1.54, 1.807) is 18.2 Å². The van der Waals surface area contributed by atoms with Gasteiger partial charge >= 0.3 is 0 Å². The van der Waals surface area contributed by atoms with Crippen molar-refractivity contribution in [3.05, 3.63) is 69.5 Å². The van der Waals surface area contributed by atoms with Gasteiger partial charge < -0.3 is 4.74 Å². The van der Waals surface area contributed by atoms with Crippen LogP contribution in [0.3, 0.4) is 0 Å². The molecular formula is C14H11ClFNO3. The van der Waals surface area contributed by atoms with Gasteiger partial charge in [0.1, 0.15) is 6.61 Å². The van der Waals surface area contributed by atoms with Gasteiger partial charge in [-0.1, -0.05) is 6.07 Å². The number of hydrogen-bond acceptors (Lipinski definition) is 3. The molecule has 0 unspecified atom stereocenters. The molecule has 0 saturated heterocycles. The Morgan fingerprint density at radius 3 is 2.35 bits per heavy atom. The summed E-state index contributed by atoms with van der Waals surface area (Å²) in [6.07, 6.45) is 0. The first-order valence-electron chi connectivity index (χ1n) is 5.80. The van der Waals surface area contributed by atoms with Gasteiger partial charge in [0.2, 0.25) is 0 Å². The number of alkyl halides is 1.